The first kappa shape index (κ1) is 19.1. The lowest BCUT2D eigenvalue weighted by Crippen LogP contribution is -2.06. The molecule has 0 radical (unpaired) electrons. The number of pyridine rings is 1. The van der Waals surface area contributed by atoms with E-state index in [2.05, 4.69) is 4.98 Å². The largest absolute Gasteiger partial charge is 0.461 e. The van der Waals surface area contributed by atoms with Crippen LogP contribution in [0.15, 0.2) is 64.4 Å². The van der Waals surface area contributed by atoms with Crippen molar-refractivity contribution in [3.8, 4) is 0 Å². The third kappa shape index (κ3) is 5.16. The molecule has 0 aliphatic carbocycles. The Morgan fingerprint density at radius 1 is 1.12 bits per heavy atom. The maximum atomic E-state index is 12.0. The van der Waals surface area contributed by atoms with Gasteiger partial charge in [-0.2, -0.15) is 0 Å². The summed E-state index contributed by atoms with van der Waals surface area (Å²) in [6.45, 7) is 0.140. The summed E-state index contributed by atoms with van der Waals surface area (Å²) >= 11 is 9.55. The van der Waals surface area contributed by atoms with E-state index < -0.39 is 0 Å². The minimum Gasteiger partial charge on any atom is -0.461 e. The van der Waals surface area contributed by atoms with Gasteiger partial charge in [-0.3, -0.25) is 4.79 Å². The number of ether oxygens (including phenoxy) is 1. The van der Waals surface area contributed by atoms with Crippen LogP contribution in [0.25, 0.3) is 10.9 Å². The quantitative estimate of drug-likeness (QED) is 0.281. The van der Waals surface area contributed by atoms with E-state index in [1.165, 1.54) is 0 Å². The number of aromatic nitrogens is 1. The van der Waals surface area contributed by atoms with E-state index >= 15 is 0 Å². The number of hydrogen-bond donors (Lipinski definition) is 0. The second-order valence-electron chi connectivity index (χ2n) is 5.57. The lowest BCUT2D eigenvalue weighted by Gasteiger charge is -2.08. The van der Waals surface area contributed by atoms with Crippen LogP contribution in [-0.4, -0.2) is 23.0 Å². The maximum Gasteiger partial charge on any atom is 0.306 e. The summed E-state index contributed by atoms with van der Waals surface area (Å²) in [6, 6.07) is 18.0. The first-order chi connectivity index (χ1) is 12.7. The van der Waals surface area contributed by atoms with Crippen LogP contribution in [0.1, 0.15) is 12.0 Å². The van der Waals surface area contributed by atoms with E-state index in [0.717, 1.165) is 26.3 Å². The van der Waals surface area contributed by atoms with Gasteiger partial charge >= 0.3 is 5.97 Å². The summed E-state index contributed by atoms with van der Waals surface area (Å²) < 4.78 is 5.36. The molecule has 134 valence electrons. The molecule has 3 rings (SSSR count). The van der Waals surface area contributed by atoms with E-state index in [1.54, 1.807) is 23.5 Å². The zero-order valence-electron chi connectivity index (χ0n) is 14.3. The van der Waals surface area contributed by atoms with Crippen LogP contribution in [-0.2, 0) is 16.1 Å². The Kier molecular flexibility index (Phi) is 6.83. The molecule has 0 aliphatic rings. The predicted octanol–water partition coefficient (Wildman–Crippen LogP) is 5.84. The molecule has 26 heavy (non-hydrogen) atoms. The molecule has 3 nitrogen and oxygen atoms in total. The molecule has 0 saturated carbocycles. The molecule has 1 heterocycles. The van der Waals surface area contributed by atoms with Gasteiger partial charge in [0.1, 0.15) is 11.8 Å². The van der Waals surface area contributed by atoms with E-state index in [1.807, 2.05) is 60.9 Å². The Bertz CT molecular complexity index is 903. The summed E-state index contributed by atoms with van der Waals surface area (Å²) in [5, 5.41) is 1.36. The van der Waals surface area contributed by atoms with E-state index in [0.29, 0.717) is 17.3 Å². The number of halogens is 1. The topological polar surface area (TPSA) is 39.2 Å². The Morgan fingerprint density at radius 3 is 2.69 bits per heavy atom. The highest BCUT2D eigenvalue weighted by Gasteiger charge is 2.09. The Morgan fingerprint density at radius 2 is 1.92 bits per heavy atom. The molecule has 0 atom stereocenters. The Balaban J connectivity index is 1.55. The molecule has 0 fully saturated rings. The molecule has 6 heteroatoms. The van der Waals surface area contributed by atoms with Gasteiger partial charge in [-0.1, -0.05) is 35.9 Å². The smallest absolute Gasteiger partial charge is 0.306 e. The van der Waals surface area contributed by atoms with Crippen LogP contribution in [0, 0.1) is 0 Å². The van der Waals surface area contributed by atoms with Crippen LogP contribution in [0.4, 0.5) is 0 Å². The average molecular weight is 404 g/mol. The fourth-order valence-electron chi connectivity index (χ4n) is 2.39. The highest BCUT2D eigenvalue weighted by molar-refractivity contribution is 7.99. The number of thioether (sulfide) groups is 2. The SMILES string of the molecule is CSc1ccc2cc(COC(=O)CCSc3ccccc3)c(Cl)nc2c1. The number of carbonyl (C=O) groups is 1. The van der Waals surface area contributed by atoms with Crippen LogP contribution < -0.4 is 0 Å². The molecule has 0 amide bonds. The van der Waals surface area contributed by atoms with Crippen molar-refractivity contribution >= 4 is 52.0 Å². The Hall–Kier alpha value is -1.69. The third-order valence-electron chi connectivity index (χ3n) is 3.76. The van der Waals surface area contributed by atoms with Crippen LogP contribution >= 0.6 is 35.1 Å². The van der Waals surface area contributed by atoms with Gasteiger partial charge < -0.3 is 4.74 Å². The van der Waals surface area contributed by atoms with E-state index in [-0.39, 0.29) is 12.6 Å². The molecule has 0 N–H and O–H groups in total. The zero-order valence-corrected chi connectivity index (χ0v) is 16.7. The van der Waals surface area contributed by atoms with Crippen molar-refractivity contribution in [1.82, 2.24) is 4.98 Å². The van der Waals surface area contributed by atoms with Crippen molar-refractivity contribution in [1.29, 1.82) is 0 Å². The van der Waals surface area contributed by atoms with Crippen molar-refractivity contribution in [3.05, 3.63) is 65.3 Å². The monoisotopic (exact) mass is 403 g/mol. The molecule has 3 aromatic rings. The molecule has 2 aromatic carbocycles. The number of benzene rings is 2. The zero-order chi connectivity index (χ0) is 18.4. The number of fused-ring (bicyclic) bond motifs is 1. The van der Waals surface area contributed by atoms with Gasteiger partial charge in [-0.05, 0) is 36.6 Å². The summed E-state index contributed by atoms with van der Waals surface area (Å²) in [6.07, 6.45) is 2.38. The van der Waals surface area contributed by atoms with Gasteiger partial charge in [0.25, 0.3) is 0 Å². The van der Waals surface area contributed by atoms with Crippen molar-refractivity contribution in [2.75, 3.05) is 12.0 Å². The fraction of sp³-hybridized carbons (Fsp3) is 0.200. The summed E-state index contributed by atoms with van der Waals surface area (Å²) in [5.74, 6) is 0.451. The Labute approximate surface area is 166 Å². The molecular formula is C20H18ClNO2S2. The second kappa shape index (κ2) is 9.31. The first-order valence-corrected chi connectivity index (χ1v) is 10.7. The molecule has 0 aliphatic heterocycles. The molecule has 0 saturated heterocycles. The fourth-order valence-corrected chi connectivity index (χ4v) is 3.88. The first-order valence-electron chi connectivity index (χ1n) is 8.12. The minimum absolute atomic E-state index is 0.140. The van der Waals surface area contributed by atoms with Gasteiger partial charge in [0.2, 0.25) is 0 Å². The van der Waals surface area contributed by atoms with E-state index in [4.69, 9.17) is 16.3 Å². The van der Waals surface area contributed by atoms with Gasteiger partial charge in [0.15, 0.2) is 0 Å². The molecule has 1 aromatic heterocycles. The summed E-state index contributed by atoms with van der Waals surface area (Å²) in [7, 11) is 0. The summed E-state index contributed by atoms with van der Waals surface area (Å²) in [5.41, 5.74) is 1.57. The second-order valence-corrected chi connectivity index (χ2v) is 7.98. The lowest BCUT2D eigenvalue weighted by atomic mass is 10.2. The van der Waals surface area contributed by atoms with Crippen molar-refractivity contribution < 1.29 is 9.53 Å². The normalized spacial score (nSPS) is 10.8. The summed E-state index contributed by atoms with van der Waals surface area (Å²) in [4.78, 5) is 18.7. The standard InChI is InChI=1S/C20H18ClNO2S2/c1-25-17-8-7-14-11-15(20(21)22-18(14)12-17)13-24-19(23)9-10-26-16-5-3-2-4-6-16/h2-8,11-12H,9-10,13H2,1H3. The predicted molar refractivity (Wildman–Crippen MR) is 110 cm³/mol. The highest BCUT2D eigenvalue weighted by Crippen LogP contribution is 2.25. The van der Waals surface area contributed by atoms with Crippen molar-refractivity contribution in [2.45, 2.75) is 22.8 Å². The van der Waals surface area contributed by atoms with Crippen molar-refractivity contribution in [2.24, 2.45) is 0 Å². The molecular weight excluding hydrogens is 386 g/mol. The minimum atomic E-state index is -0.234. The number of rotatable bonds is 7. The average Bonchev–Trinajstić information content (AvgIpc) is 2.66. The van der Waals surface area contributed by atoms with Gasteiger partial charge in [0.05, 0.1) is 11.9 Å². The number of esters is 1. The van der Waals surface area contributed by atoms with Crippen LogP contribution in [0.2, 0.25) is 5.15 Å². The van der Waals surface area contributed by atoms with Gasteiger partial charge in [-0.15, -0.1) is 23.5 Å². The van der Waals surface area contributed by atoms with Crippen LogP contribution in [0.5, 0.6) is 0 Å². The molecule has 0 spiro atoms. The van der Waals surface area contributed by atoms with Gasteiger partial charge in [0, 0.05) is 26.5 Å². The number of hydrogen-bond acceptors (Lipinski definition) is 5. The van der Waals surface area contributed by atoms with Gasteiger partial charge in [-0.25, -0.2) is 4.98 Å². The number of carbonyl (C=O) groups excluding carboxylic acids is 1. The maximum absolute atomic E-state index is 12.0. The van der Waals surface area contributed by atoms with E-state index in [9.17, 15) is 4.79 Å². The highest BCUT2D eigenvalue weighted by atomic mass is 35.5. The molecule has 0 bridgehead atoms. The lowest BCUT2D eigenvalue weighted by molar-refractivity contribution is -0.144. The van der Waals surface area contributed by atoms with Crippen molar-refractivity contribution in [3.63, 3.8) is 0 Å². The third-order valence-corrected chi connectivity index (χ3v) is 5.82. The number of nitrogens with zero attached hydrogens (tertiary/aromatic N) is 1. The van der Waals surface area contributed by atoms with Crippen LogP contribution in [0.3, 0.4) is 0 Å². The molecule has 0 unspecified atom stereocenters.